The number of amides is 3. The zero-order chi connectivity index (χ0) is 23.7. The molecule has 0 bridgehead atoms. The second-order valence-corrected chi connectivity index (χ2v) is 8.04. The smallest absolute Gasteiger partial charge is 0.327 e. The lowest BCUT2D eigenvalue weighted by Crippen LogP contribution is -2.57. The maximum absolute atomic E-state index is 13.1. The van der Waals surface area contributed by atoms with Crippen molar-refractivity contribution >= 4 is 42.3 Å². The molecule has 0 aliphatic carbocycles. The van der Waals surface area contributed by atoms with E-state index in [2.05, 4.69) is 23.3 Å². The summed E-state index contributed by atoms with van der Waals surface area (Å²) in [4.78, 5) is 61.6. The number of carboxylic acids is 2. The Hall–Kier alpha value is -2.34. The van der Waals surface area contributed by atoms with Gasteiger partial charge in [0, 0.05) is 18.7 Å². The Morgan fingerprint density at radius 1 is 1.16 bits per heavy atom. The molecule has 31 heavy (non-hydrogen) atoms. The molecule has 0 aromatic rings. The van der Waals surface area contributed by atoms with E-state index < -0.39 is 53.8 Å². The molecule has 3 amide bonds. The van der Waals surface area contributed by atoms with Gasteiger partial charge in [-0.05, 0) is 25.2 Å². The first-order valence-corrected chi connectivity index (χ1v) is 10.9. The van der Waals surface area contributed by atoms with Crippen molar-refractivity contribution in [2.75, 3.05) is 12.3 Å². The van der Waals surface area contributed by atoms with Gasteiger partial charge in [0.15, 0.2) is 0 Å². The second kappa shape index (κ2) is 12.5. The van der Waals surface area contributed by atoms with Gasteiger partial charge in [-0.3, -0.25) is 19.2 Å². The van der Waals surface area contributed by atoms with E-state index in [1.807, 2.05) is 6.92 Å². The molecule has 12 heteroatoms. The number of nitrogens with two attached hydrogens (primary N) is 1. The van der Waals surface area contributed by atoms with E-state index in [1.165, 1.54) is 4.90 Å². The molecule has 11 nitrogen and oxygen atoms in total. The van der Waals surface area contributed by atoms with E-state index in [1.54, 1.807) is 6.92 Å². The first-order chi connectivity index (χ1) is 14.5. The summed E-state index contributed by atoms with van der Waals surface area (Å²) in [7, 11) is 0. The summed E-state index contributed by atoms with van der Waals surface area (Å²) in [5.41, 5.74) is 5.92. The van der Waals surface area contributed by atoms with Crippen molar-refractivity contribution in [2.45, 2.75) is 70.1 Å². The number of thiol groups is 1. The highest BCUT2D eigenvalue weighted by molar-refractivity contribution is 7.80. The number of likely N-dealkylation sites (tertiary alicyclic amines) is 1. The van der Waals surface area contributed by atoms with Gasteiger partial charge in [0.2, 0.25) is 17.7 Å². The molecule has 1 rings (SSSR count). The molecule has 6 N–H and O–H groups in total. The van der Waals surface area contributed by atoms with E-state index in [4.69, 9.17) is 15.9 Å². The predicted molar refractivity (Wildman–Crippen MR) is 114 cm³/mol. The maximum atomic E-state index is 13.1. The Morgan fingerprint density at radius 2 is 1.81 bits per heavy atom. The number of hydrogen-bond acceptors (Lipinski definition) is 7. The van der Waals surface area contributed by atoms with Crippen LogP contribution in [-0.2, 0) is 24.0 Å². The number of nitrogens with zero attached hydrogens (tertiary/aromatic N) is 1. The number of carbonyl (C=O) groups is 5. The van der Waals surface area contributed by atoms with Gasteiger partial charge < -0.3 is 31.5 Å². The number of hydrogen-bond donors (Lipinski definition) is 6. The summed E-state index contributed by atoms with van der Waals surface area (Å²) >= 11 is 3.90. The van der Waals surface area contributed by atoms with E-state index in [0.29, 0.717) is 19.3 Å². The summed E-state index contributed by atoms with van der Waals surface area (Å²) < 4.78 is 0. The van der Waals surface area contributed by atoms with Gasteiger partial charge in [0.1, 0.15) is 18.1 Å². The number of carboxylic acid groups (broad SMARTS) is 2. The van der Waals surface area contributed by atoms with Crippen LogP contribution in [0.2, 0.25) is 0 Å². The zero-order valence-corrected chi connectivity index (χ0v) is 18.6. The summed E-state index contributed by atoms with van der Waals surface area (Å²) in [5.74, 6) is -4.44. The lowest BCUT2D eigenvalue weighted by atomic mass is 9.98. The fourth-order valence-electron chi connectivity index (χ4n) is 3.26. The first-order valence-electron chi connectivity index (χ1n) is 10.3. The molecule has 5 atom stereocenters. The molecular weight excluding hydrogens is 428 g/mol. The van der Waals surface area contributed by atoms with Gasteiger partial charge >= 0.3 is 11.9 Å². The minimum absolute atomic E-state index is 0.119. The van der Waals surface area contributed by atoms with Crippen LogP contribution in [-0.4, -0.2) is 81.2 Å². The molecule has 0 saturated carbocycles. The minimum atomic E-state index is -1.25. The summed E-state index contributed by atoms with van der Waals surface area (Å²) in [6, 6.07) is -4.15. The highest BCUT2D eigenvalue weighted by atomic mass is 32.1. The molecule has 176 valence electrons. The van der Waals surface area contributed by atoms with E-state index in [-0.39, 0.29) is 31.1 Å². The zero-order valence-electron chi connectivity index (χ0n) is 17.7. The Labute approximate surface area is 186 Å². The minimum Gasteiger partial charge on any atom is -0.481 e. The van der Waals surface area contributed by atoms with Crippen molar-refractivity contribution in [1.29, 1.82) is 0 Å². The van der Waals surface area contributed by atoms with Crippen molar-refractivity contribution in [3.8, 4) is 0 Å². The van der Waals surface area contributed by atoms with Crippen LogP contribution in [0, 0.1) is 5.92 Å². The highest BCUT2D eigenvalue weighted by Crippen LogP contribution is 2.20. The quantitative estimate of drug-likeness (QED) is 0.205. The molecule has 0 radical (unpaired) electrons. The van der Waals surface area contributed by atoms with Crippen LogP contribution in [0.1, 0.15) is 46.0 Å². The Balaban J connectivity index is 2.97. The number of aliphatic carboxylic acids is 2. The molecule has 0 spiro atoms. The topological polar surface area (TPSA) is 179 Å². The van der Waals surface area contributed by atoms with E-state index >= 15 is 0 Å². The van der Waals surface area contributed by atoms with E-state index in [0.717, 1.165) is 0 Å². The number of nitrogens with one attached hydrogen (secondary N) is 2. The van der Waals surface area contributed by atoms with Gasteiger partial charge in [0.25, 0.3) is 0 Å². The lowest BCUT2D eigenvalue weighted by Gasteiger charge is -2.30. The molecule has 1 aliphatic heterocycles. The fraction of sp³-hybridized carbons (Fsp3) is 0.737. The summed E-state index contributed by atoms with van der Waals surface area (Å²) in [5, 5.41) is 23.0. The average Bonchev–Trinajstić information content (AvgIpc) is 3.22. The SMILES string of the molecule is CCC(C)C(N)C(=O)NC(CCC(=O)O)C(=O)N1CCCC1C(=O)NC(CS)C(=O)O. The van der Waals surface area contributed by atoms with Crippen molar-refractivity contribution < 1.29 is 34.2 Å². The third-order valence-corrected chi connectivity index (χ3v) is 5.82. The normalized spacial score (nSPS) is 19.7. The van der Waals surface area contributed by atoms with Crippen LogP contribution in [0.4, 0.5) is 0 Å². The highest BCUT2D eigenvalue weighted by Gasteiger charge is 2.39. The van der Waals surface area contributed by atoms with Crippen LogP contribution in [0.5, 0.6) is 0 Å². The predicted octanol–water partition coefficient (Wildman–Crippen LogP) is -0.800. The van der Waals surface area contributed by atoms with Crippen LogP contribution in [0.25, 0.3) is 0 Å². The second-order valence-electron chi connectivity index (χ2n) is 7.68. The summed E-state index contributed by atoms with van der Waals surface area (Å²) in [6.07, 6.45) is 0.955. The van der Waals surface area contributed by atoms with Crippen LogP contribution >= 0.6 is 12.6 Å². The van der Waals surface area contributed by atoms with Gasteiger partial charge in [-0.1, -0.05) is 20.3 Å². The number of rotatable bonds is 12. The van der Waals surface area contributed by atoms with Crippen molar-refractivity contribution in [3.63, 3.8) is 0 Å². The molecule has 1 aliphatic rings. The molecule has 0 aromatic heterocycles. The fourth-order valence-corrected chi connectivity index (χ4v) is 3.51. The Morgan fingerprint density at radius 3 is 2.32 bits per heavy atom. The van der Waals surface area contributed by atoms with Gasteiger partial charge in [-0.2, -0.15) is 12.6 Å². The Kier molecular flexibility index (Phi) is 10.8. The maximum Gasteiger partial charge on any atom is 0.327 e. The molecule has 1 heterocycles. The van der Waals surface area contributed by atoms with Crippen LogP contribution < -0.4 is 16.4 Å². The molecule has 1 saturated heterocycles. The van der Waals surface area contributed by atoms with Gasteiger partial charge in [0.05, 0.1) is 6.04 Å². The van der Waals surface area contributed by atoms with Crippen molar-refractivity contribution in [2.24, 2.45) is 11.7 Å². The largest absolute Gasteiger partial charge is 0.481 e. The standard InChI is InChI=1S/C19H32N4O7S/c1-3-10(2)15(20)17(27)21-11(6-7-14(24)25)18(28)23-8-4-5-13(23)16(26)22-12(9-31)19(29)30/h10-13,15,31H,3-9,20H2,1-2H3,(H,21,27)(H,22,26)(H,24,25)(H,29,30). The molecular formula is C19H32N4O7S. The number of carbonyl (C=O) groups excluding carboxylic acids is 3. The molecule has 1 fully saturated rings. The third-order valence-electron chi connectivity index (χ3n) is 5.46. The van der Waals surface area contributed by atoms with Crippen molar-refractivity contribution in [1.82, 2.24) is 15.5 Å². The van der Waals surface area contributed by atoms with Gasteiger partial charge in [-0.25, -0.2) is 4.79 Å². The molecule has 0 aromatic carbocycles. The monoisotopic (exact) mass is 460 g/mol. The van der Waals surface area contributed by atoms with E-state index in [9.17, 15) is 24.0 Å². The van der Waals surface area contributed by atoms with Gasteiger partial charge in [-0.15, -0.1) is 0 Å². The third kappa shape index (κ3) is 7.69. The summed E-state index contributed by atoms with van der Waals surface area (Å²) in [6.45, 7) is 3.89. The van der Waals surface area contributed by atoms with Crippen LogP contribution in [0.15, 0.2) is 0 Å². The van der Waals surface area contributed by atoms with Crippen LogP contribution in [0.3, 0.4) is 0 Å². The first kappa shape index (κ1) is 26.7. The lowest BCUT2D eigenvalue weighted by molar-refractivity contribution is -0.144. The Bertz CT molecular complexity index is 690. The molecule has 5 unspecified atom stereocenters. The average molecular weight is 461 g/mol. The van der Waals surface area contributed by atoms with Crippen molar-refractivity contribution in [3.05, 3.63) is 0 Å².